The molecule has 2 aromatic rings. The summed E-state index contributed by atoms with van der Waals surface area (Å²) in [7, 11) is -3.50. The van der Waals surface area contributed by atoms with Crippen molar-refractivity contribution >= 4 is 26.0 Å². The summed E-state index contributed by atoms with van der Waals surface area (Å²) in [6.45, 7) is 0.799. The Hall–Kier alpha value is -1.21. The van der Waals surface area contributed by atoms with Crippen molar-refractivity contribution in [1.29, 1.82) is 0 Å². The van der Waals surface area contributed by atoms with E-state index < -0.39 is 10.0 Å². The molecule has 1 aliphatic rings. The van der Waals surface area contributed by atoms with Gasteiger partial charge in [-0.25, -0.2) is 13.1 Å². The molecule has 0 saturated heterocycles. The van der Waals surface area contributed by atoms with Crippen molar-refractivity contribution in [3.63, 3.8) is 0 Å². The predicted molar refractivity (Wildman–Crippen MR) is 88.1 cm³/mol. The van der Waals surface area contributed by atoms with Gasteiger partial charge in [0.2, 0.25) is 10.0 Å². The number of fused-ring (bicyclic) bond motifs is 1. The Morgan fingerprint density at radius 1 is 1.09 bits per heavy atom. The van der Waals surface area contributed by atoms with Crippen molar-refractivity contribution < 1.29 is 13.2 Å². The average molecular weight is 382 g/mol. The Balaban J connectivity index is 1.64. The molecule has 0 aromatic heterocycles. The molecule has 1 heterocycles. The first kappa shape index (κ1) is 15.7. The molecule has 1 atom stereocenters. The fourth-order valence-corrected chi connectivity index (χ4v) is 3.77. The van der Waals surface area contributed by atoms with Crippen LogP contribution < -0.4 is 4.72 Å². The average Bonchev–Trinajstić information content (AvgIpc) is 2.53. The van der Waals surface area contributed by atoms with Crippen LogP contribution in [0.3, 0.4) is 0 Å². The van der Waals surface area contributed by atoms with E-state index in [1.807, 2.05) is 18.2 Å². The van der Waals surface area contributed by atoms with Gasteiger partial charge in [0, 0.05) is 17.4 Å². The summed E-state index contributed by atoms with van der Waals surface area (Å²) >= 11 is 3.29. The SMILES string of the molecule is O=S(=O)(NCC1Cc2ccccc2CO1)c1ccc(Br)cc1. The van der Waals surface area contributed by atoms with Gasteiger partial charge in [0.1, 0.15) is 0 Å². The van der Waals surface area contributed by atoms with Crippen LogP contribution in [-0.4, -0.2) is 21.1 Å². The van der Waals surface area contributed by atoms with Crippen molar-refractivity contribution in [1.82, 2.24) is 4.72 Å². The minimum Gasteiger partial charge on any atom is -0.372 e. The maximum absolute atomic E-state index is 12.2. The highest BCUT2D eigenvalue weighted by atomic mass is 79.9. The molecule has 4 nitrogen and oxygen atoms in total. The standard InChI is InChI=1S/C16H16BrNO3S/c17-14-5-7-16(8-6-14)22(19,20)18-10-15-9-12-3-1-2-4-13(12)11-21-15/h1-8,15,18H,9-11H2. The molecule has 0 aliphatic carbocycles. The number of rotatable bonds is 4. The minimum absolute atomic E-state index is 0.139. The van der Waals surface area contributed by atoms with E-state index in [2.05, 4.69) is 26.7 Å². The van der Waals surface area contributed by atoms with Gasteiger partial charge in [-0.2, -0.15) is 0 Å². The molecule has 6 heteroatoms. The number of ether oxygens (including phenoxy) is 1. The zero-order valence-electron chi connectivity index (χ0n) is 11.8. The first-order valence-electron chi connectivity index (χ1n) is 6.98. The van der Waals surface area contributed by atoms with E-state index in [-0.39, 0.29) is 17.5 Å². The Bertz CT molecular complexity index is 759. The van der Waals surface area contributed by atoms with Crippen LogP contribution >= 0.6 is 15.9 Å². The van der Waals surface area contributed by atoms with Gasteiger partial charge in [-0.1, -0.05) is 40.2 Å². The van der Waals surface area contributed by atoms with E-state index >= 15 is 0 Å². The van der Waals surface area contributed by atoms with Crippen molar-refractivity contribution in [3.05, 3.63) is 64.1 Å². The second-order valence-electron chi connectivity index (χ2n) is 5.21. The summed E-state index contributed by atoms with van der Waals surface area (Å²) < 4.78 is 33.7. The predicted octanol–water partition coefficient (Wildman–Crippen LogP) is 2.87. The summed E-state index contributed by atoms with van der Waals surface area (Å²) in [5.41, 5.74) is 2.40. The Morgan fingerprint density at radius 2 is 1.77 bits per heavy atom. The van der Waals surface area contributed by atoms with Gasteiger partial charge in [0.05, 0.1) is 17.6 Å². The molecular weight excluding hydrogens is 366 g/mol. The number of halogens is 1. The van der Waals surface area contributed by atoms with E-state index in [9.17, 15) is 8.42 Å². The Labute approximate surface area is 138 Å². The largest absolute Gasteiger partial charge is 0.372 e. The van der Waals surface area contributed by atoms with Crippen molar-refractivity contribution in [2.24, 2.45) is 0 Å². The van der Waals surface area contributed by atoms with Crippen LogP contribution in [0.2, 0.25) is 0 Å². The quantitative estimate of drug-likeness (QED) is 0.885. The molecule has 0 amide bonds. The van der Waals surface area contributed by atoms with E-state index in [4.69, 9.17) is 4.74 Å². The lowest BCUT2D eigenvalue weighted by molar-refractivity contribution is 0.0322. The van der Waals surface area contributed by atoms with E-state index in [0.29, 0.717) is 6.61 Å². The Kier molecular flexibility index (Phi) is 4.63. The van der Waals surface area contributed by atoms with Crippen molar-refractivity contribution in [2.75, 3.05) is 6.54 Å². The molecule has 1 N–H and O–H groups in total. The third-order valence-corrected chi connectivity index (χ3v) is 5.63. The fourth-order valence-electron chi connectivity index (χ4n) is 2.44. The summed E-state index contributed by atoms with van der Waals surface area (Å²) in [6.07, 6.45) is 0.582. The molecule has 0 radical (unpaired) electrons. The van der Waals surface area contributed by atoms with E-state index in [1.54, 1.807) is 24.3 Å². The maximum Gasteiger partial charge on any atom is 0.240 e. The topological polar surface area (TPSA) is 55.4 Å². The number of hydrogen-bond donors (Lipinski definition) is 1. The fraction of sp³-hybridized carbons (Fsp3) is 0.250. The molecule has 22 heavy (non-hydrogen) atoms. The van der Waals surface area contributed by atoms with Crippen molar-refractivity contribution in [2.45, 2.75) is 24.0 Å². The van der Waals surface area contributed by atoms with Gasteiger partial charge in [0.15, 0.2) is 0 Å². The van der Waals surface area contributed by atoms with Crippen LogP contribution in [0.5, 0.6) is 0 Å². The lowest BCUT2D eigenvalue weighted by Crippen LogP contribution is -2.36. The molecular formula is C16H16BrNO3S. The third kappa shape index (κ3) is 3.57. The number of benzene rings is 2. The molecule has 3 rings (SSSR count). The number of hydrogen-bond acceptors (Lipinski definition) is 3. The molecule has 2 aromatic carbocycles. The highest BCUT2D eigenvalue weighted by Gasteiger charge is 2.21. The van der Waals surface area contributed by atoms with Crippen LogP contribution in [-0.2, 0) is 27.8 Å². The van der Waals surface area contributed by atoms with Gasteiger partial charge in [-0.15, -0.1) is 0 Å². The Morgan fingerprint density at radius 3 is 2.50 bits per heavy atom. The molecule has 0 fully saturated rings. The highest BCUT2D eigenvalue weighted by Crippen LogP contribution is 2.20. The summed E-state index contributed by atoms with van der Waals surface area (Å²) in [5.74, 6) is 0. The first-order valence-corrected chi connectivity index (χ1v) is 9.26. The van der Waals surface area contributed by atoms with Crippen LogP contribution in [0.1, 0.15) is 11.1 Å². The van der Waals surface area contributed by atoms with E-state index in [1.165, 1.54) is 11.1 Å². The summed E-state index contributed by atoms with van der Waals surface area (Å²) in [5, 5.41) is 0. The monoisotopic (exact) mass is 381 g/mol. The molecule has 0 spiro atoms. The molecule has 1 aliphatic heterocycles. The number of sulfonamides is 1. The number of nitrogens with one attached hydrogen (secondary N) is 1. The molecule has 1 unspecified atom stereocenters. The van der Waals surface area contributed by atoms with Crippen LogP contribution in [0.25, 0.3) is 0 Å². The molecule has 0 bridgehead atoms. The van der Waals surface area contributed by atoms with Gasteiger partial charge < -0.3 is 4.74 Å². The second kappa shape index (κ2) is 6.50. The van der Waals surface area contributed by atoms with E-state index in [0.717, 1.165) is 10.9 Å². The smallest absolute Gasteiger partial charge is 0.240 e. The third-order valence-electron chi connectivity index (χ3n) is 3.67. The minimum atomic E-state index is -3.50. The molecule has 0 saturated carbocycles. The molecule has 116 valence electrons. The van der Waals surface area contributed by atoms with Gasteiger partial charge in [-0.3, -0.25) is 0 Å². The van der Waals surface area contributed by atoms with Gasteiger partial charge >= 0.3 is 0 Å². The lowest BCUT2D eigenvalue weighted by atomic mass is 9.99. The normalized spacial score (nSPS) is 18.0. The van der Waals surface area contributed by atoms with Crippen LogP contribution in [0, 0.1) is 0 Å². The zero-order chi connectivity index (χ0) is 15.6. The second-order valence-corrected chi connectivity index (χ2v) is 7.89. The van der Waals surface area contributed by atoms with Crippen molar-refractivity contribution in [3.8, 4) is 0 Å². The highest BCUT2D eigenvalue weighted by molar-refractivity contribution is 9.10. The van der Waals surface area contributed by atoms with Gasteiger partial charge in [0.25, 0.3) is 0 Å². The maximum atomic E-state index is 12.2. The van der Waals surface area contributed by atoms with Crippen LogP contribution in [0.4, 0.5) is 0 Å². The summed E-state index contributed by atoms with van der Waals surface area (Å²) in [6, 6.07) is 14.6. The van der Waals surface area contributed by atoms with Crippen LogP contribution in [0.15, 0.2) is 57.9 Å². The summed E-state index contributed by atoms with van der Waals surface area (Å²) in [4.78, 5) is 0.256. The van der Waals surface area contributed by atoms with Gasteiger partial charge in [-0.05, 0) is 35.4 Å². The lowest BCUT2D eigenvalue weighted by Gasteiger charge is -2.25. The zero-order valence-corrected chi connectivity index (χ0v) is 14.2. The first-order chi connectivity index (χ1) is 10.5.